The van der Waals surface area contributed by atoms with Crippen LogP contribution in [0, 0.1) is 12.7 Å². The van der Waals surface area contributed by atoms with E-state index < -0.39 is 0 Å². The van der Waals surface area contributed by atoms with Crippen molar-refractivity contribution in [3.05, 3.63) is 35.1 Å². The van der Waals surface area contributed by atoms with Crippen LogP contribution in [0.15, 0.2) is 18.2 Å². The Morgan fingerprint density at radius 1 is 1.25 bits per heavy atom. The van der Waals surface area contributed by atoms with Crippen molar-refractivity contribution in [1.29, 1.82) is 0 Å². The fraction of sp³-hybridized carbons (Fsp3) is 0.625. The third-order valence-corrected chi connectivity index (χ3v) is 3.63. The summed E-state index contributed by atoms with van der Waals surface area (Å²) in [5.74, 6) is -0.155. The van der Waals surface area contributed by atoms with Crippen LogP contribution in [0.5, 0.6) is 0 Å². The molecule has 4 heteroatoms. The van der Waals surface area contributed by atoms with Gasteiger partial charge in [0.15, 0.2) is 0 Å². The van der Waals surface area contributed by atoms with Crippen molar-refractivity contribution in [2.75, 3.05) is 40.3 Å². The van der Waals surface area contributed by atoms with E-state index in [9.17, 15) is 4.39 Å². The van der Waals surface area contributed by atoms with Gasteiger partial charge in [-0.3, -0.25) is 4.90 Å². The second-order valence-corrected chi connectivity index (χ2v) is 5.56. The predicted octanol–water partition coefficient (Wildman–Crippen LogP) is 2.41. The largest absolute Gasteiger partial charge is 0.329 e. The van der Waals surface area contributed by atoms with Crippen molar-refractivity contribution in [2.24, 2.45) is 5.73 Å². The standard InChI is InChI=1S/C16H28FN3/c1-5-20(10-6-9-19(3)4)16(12-18)14-11-13(2)7-8-15(14)17/h7-8,11,16H,5-6,9-10,12,18H2,1-4H3. The SMILES string of the molecule is CCN(CCCN(C)C)C(CN)c1cc(C)ccc1F. The second-order valence-electron chi connectivity index (χ2n) is 5.56. The molecule has 1 rings (SSSR count). The topological polar surface area (TPSA) is 32.5 Å². The Hall–Kier alpha value is -0.970. The fourth-order valence-electron chi connectivity index (χ4n) is 2.52. The summed E-state index contributed by atoms with van der Waals surface area (Å²) in [5.41, 5.74) is 7.71. The van der Waals surface area contributed by atoms with Crippen LogP contribution in [0.2, 0.25) is 0 Å². The van der Waals surface area contributed by atoms with E-state index in [2.05, 4.69) is 30.8 Å². The number of likely N-dealkylation sites (N-methyl/N-ethyl adjacent to an activating group) is 1. The molecule has 0 aliphatic heterocycles. The van der Waals surface area contributed by atoms with Crippen LogP contribution in [-0.4, -0.2) is 50.1 Å². The zero-order valence-electron chi connectivity index (χ0n) is 13.2. The van der Waals surface area contributed by atoms with Crippen LogP contribution in [-0.2, 0) is 0 Å². The maximum atomic E-state index is 14.1. The lowest BCUT2D eigenvalue weighted by atomic mass is 10.0. The first-order valence-corrected chi connectivity index (χ1v) is 7.34. The molecule has 0 saturated carbocycles. The van der Waals surface area contributed by atoms with Crippen LogP contribution >= 0.6 is 0 Å². The van der Waals surface area contributed by atoms with Crippen molar-refractivity contribution >= 4 is 0 Å². The highest BCUT2D eigenvalue weighted by Crippen LogP contribution is 2.23. The molecule has 0 bridgehead atoms. The number of hydrogen-bond acceptors (Lipinski definition) is 3. The summed E-state index contributed by atoms with van der Waals surface area (Å²) in [6.45, 7) is 7.37. The van der Waals surface area contributed by atoms with Gasteiger partial charge in [0, 0.05) is 24.7 Å². The van der Waals surface area contributed by atoms with Gasteiger partial charge in [-0.15, -0.1) is 0 Å². The Morgan fingerprint density at radius 3 is 2.50 bits per heavy atom. The molecule has 1 aromatic rings. The molecule has 0 aliphatic rings. The zero-order valence-corrected chi connectivity index (χ0v) is 13.2. The average Bonchev–Trinajstić information content (AvgIpc) is 2.41. The lowest BCUT2D eigenvalue weighted by molar-refractivity contribution is 0.198. The van der Waals surface area contributed by atoms with E-state index in [1.165, 1.54) is 0 Å². The number of halogens is 1. The summed E-state index contributed by atoms with van der Waals surface area (Å²) in [5, 5.41) is 0. The molecule has 3 nitrogen and oxygen atoms in total. The molecule has 1 atom stereocenters. The third-order valence-electron chi connectivity index (χ3n) is 3.63. The highest BCUT2D eigenvalue weighted by atomic mass is 19.1. The van der Waals surface area contributed by atoms with Crippen molar-refractivity contribution in [3.63, 3.8) is 0 Å². The molecule has 114 valence electrons. The van der Waals surface area contributed by atoms with E-state index in [1.54, 1.807) is 12.1 Å². The maximum absolute atomic E-state index is 14.1. The minimum atomic E-state index is -0.155. The van der Waals surface area contributed by atoms with Gasteiger partial charge in [-0.05, 0) is 46.6 Å². The van der Waals surface area contributed by atoms with E-state index >= 15 is 0 Å². The van der Waals surface area contributed by atoms with E-state index in [0.29, 0.717) is 6.54 Å². The molecule has 0 heterocycles. The molecule has 0 amide bonds. The summed E-state index contributed by atoms with van der Waals surface area (Å²) >= 11 is 0. The van der Waals surface area contributed by atoms with Crippen molar-refractivity contribution < 1.29 is 4.39 Å². The van der Waals surface area contributed by atoms with Crippen LogP contribution < -0.4 is 5.73 Å². The number of rotatable bonds is 8. The molecule has 0 aromatic heterocycles. The molecule has 0 radical (unpaired) electrons. The Kier molecular flexibility index (Phi) is 7.13. The van der Waals surface area contributed by atoms with Gasteiger partial charge >= 0.3 is 0 Å². The molecule has 0 spiro atoms. The smallest absolute Gasteiger partial charge is 0.128 e. The minimum Gasteiger partial charge on any atom is -0.329 e. The fourth-order valence-corrected chi connectivity index (χ4v) is 2.52. The van der Waals surface area contributed by atoms with Gasteiger partial charge in [0.2, 0.25) is 0 Å². The minimum absolute atomic E-state index is 0.0398. The lowest BCUT2D eigenvalue weighted by Crippen LogP contribution is -2.36. The molecule has 0 saturated heterocycles. The first-order valence-electron chi connectivity index (χ1n) is 7.34. The molecular weight excluding hydrogens is 253 g/mol. The Labute approximate surface area is 122 Å². The molecule has 20 heavy (non-hydrogen) atoms. The van der Waals surface area contributed by atoms with Gasteiger partial charge in [-0.25, -0.2) is 4.39 Å². The number of benzene rings is 1. The maximum Gasteiger partial charge on any atom is 0.128 e. The molecule has 1 unspecified atom stereocenters. The number of nitrogens with zero attached hydrogens (tertiary/aromatic N) is 2. The predicted molar refractivity (Wildman–Crippen MR) is 83.4 cm³/mol. The molecule has 0 fully saturated rings. The monoisotopic (exact) mass is 281 g/mol. The van der Waals surface area contributed by atoms with Gasteiger partial charge in [0.05, 0.1) is 0 Å². The first-order chi connectivity index (χ1) is 9.49. The lowest BCUT2D eigenvalue weighted by Gasteiger charge is -2.31. The van der Waals surface area contributed by atoms with Crippen molar-refractivity contribution in [1.82, 2.24) is 9.80 Å². The number of hydrogen-bond donors (Lipinski definition) is 1. The van der Waals surface area contributed by atoms with Gasteiger partial charge in [-0.1, -0.05) is 24.6 Å². The van der Waals surface area contributed by atoms with Gasteiger partial charge in [0.25, 0.3) is 0 Å². The van der Waals surface area contributed by atoms with Crippen molar-refractivity contribution in [2.45, 2.75) is 26.3 Å². The van der Waals surface area contributed by atoms with E-state index in [0.717, 1.165) is 37.2 Å². The Bertz CT molecular complexity index is 407. The summed E-state index contributed by atoms with van der Waals surface area (Å²) in [6, 6.07) is 5.22. The van der Waals surface area contributed by atoms with Crippen LogP contribution in [0.4, 0.5) is 4.39 Å². The number of nitrogens with two attached hydrogens (primary N) is 1. The molecule has 2 N–H and O–H groups in total. The Morgan fingerprint density at radius 2 is 1.95 bits per heavy atom. The summed E-state index contributed by atoms with van der Waals surface area (Å²) < 4.78 is 14.1. The highest BCUT2D eigenvalue weighted by Gasteiger charge is 2.20. The van der Waals surface area contributed by atoms with E-state index in [-0.39, 0.29) is 11.9 Å². The van der Waals surface area contributed by atoms with E-state index in [1.807, 2.05) is 13.0 Å². The summed E-state index contributed by atoms with van der Waals surface area (Å²) in [7, 11) is 4.13. The van der Waals surface area contributed by atoms with E-state index in [4.69, 9.17) is 5.73 Å². The quantitative estimate of drug-likeness (QED) is 0.794. The highest BCUT2D eigenvalue weighted by molar-refractivity contribution is 5.27. The molecule has 0 aliphatic carbocycles. The Balaban J connectivity index is 2.82. The first kappa shape index (κ1) is 17.1. The van der Waals surface area contributed by atoms with Gasteiger partial charge in [0.1, 0.15) is 5.82 Å². The van der Waals surface area contributed by atoms with Crippen LogP contribution in [0.1, 0.15) is 30.5 Å². The number of aryl methyl sites for hydroxylation is 1. The van der Waals surface area contributed by atoms with Crippen molar-refractivity contribution in [3.8, 4) is 0 Å². The summed E-state index contributed by atoms with van der Waals surface area (Å²) in [6.07, 6.45) is 1.06. The van der Waals surface area contributed by atoms with Crippen LogP contribution in [0.25, 0.3) is 0 Å². The summed E-state index contributed by atoms with van der Waals surface area (Å²) in [4.78, 5) is 4.43. The molecule has 1 aromatic carbocycles. The average molecular weight is 281 g/mol. The van der Waals surface area contributed by atoms with Gasteiger partial charge in [-0.2, -0.15) is 0 Å². The third kappa shape index (κ3) is 4.85. The zero-order chi connectivity index (χ0) is 15.1. The normalized spacial score (nSPS) is 13.2. The second kappa shape index (κ2) is 8.35. The van der Waals surface area contributed by atoms with Crippen LogP contribution in [0.3, 0.4) is 0 Å². The molecular formula is C16H28FN3. The van der Waals surface area contributed by atoms with Gasteiger partial charge < -0.3 is 10.6 Å².